The zero-order chi connectivity index (χ0) is 30.2. The Morgan fingerprint density at radius 1 is 0.837 bits per heavy atom. The lowest BCUT2D eigenvalue weighted by Crippen LogP contribution is -2.64. The third kappa shape index (κ3) is 7.57. The molecule has 0 spiro atoms. The molecule has 3 aromatic carbocycles. The molecule has 43 heavy (non-hydrogen) atoms. The summed E-state index contributed by atoms with van der Waals surface area (Å²) in [4.78, 5) is 27.0. The molecule has 0 radical (unpaired) electrons. The van der Waals surface area contributed by atoms with E-state index in [1.807, 2.05) is 62.4 Å². The molecule has 0 saturated carbocycles. The summed E-state index contributed by atoms with van der Waals surface area (Å²) in [5.41, 5.74) is 3.25. The van der Waals surface area contributed by atoms with Crippen LogP contribution in [-0.4, -0.2) is 63.0 Å². The molecule has 0 aromatic heterocycles. The summed E-state index contributed by atoms with van der Waals surface area (Å²) in [6.07, 6.45) is -3.54. The molecule has 226 valence electrons. The van der Waals surface area contributed by atoms with Crippen molar-refractivity contribution in [3.8, 4) is 0 Å². The van der Waals surface area contributed by atoms with E-state index < -0.39 is 48.9 Å². The summed E-state index contributed by atoms with van der Waals surface area (Å²) in [6, 6.07) is 25.0. The van der Waals surface area contributed by atoms with Gasteiger partial charge in [-0.3, -0.25) is 0 Å². The number of rotatable bonds is 10. The fraction of sp³-hybridized carbons (Fsp3) is 0.353. The first-order valence-corrected chi connectivity index (χ1v) is 14.2. The van der Waals surface area contributed by atoms with Crippen molar-refractivity contribution in [2.45, 2.75) is 57.5 Å². The van der Waals surface area contributed by atoms with Gasteiger partial charge in [-0.2, -0.15) is 0 Å². The number of hydrogen-bond acceptors (Lipinski definition) is 9. The second-order valence-electron chi connectivity index (χ2n) is 10.5. The highest BCUT2D eigenvalue weighted by Gasteiger charge is 2.54. The molecular formula is C34H36O9. The van der Waals surface area contributed by atoms with E-state index in [4.69, 9.17) is 33.2 Å². The maximum Gasteiger partial charge on any atom is 0.339 e. The van der Waals surface area contributed by atoms with E-state index >= 15 is 0 Å². The zero-order valence-corrected chi connectivity index (χ0v) is 24.4. The molecule has 0 amide bonds. The third-order valence-electron chi connectivity index (χ3n) is 7.19. The van der Waals surface area contributed by atoms with Crippen LogP contribution in [0.4, 0.5) is 0 Å². The molecule has 0 bridgehead atoms. The molecule has 2 saturated heterocycles. The second-order valence-corrected chi connectivity index (χ2v) is 10.5. The molecule has 3 aromatic rings. The molecule has 9 heteroatoms. The van der Waals surface area contributed by atoms with Gasteiger partial charge in [0.25, 0.3) is 0 Å². The highest BCUT2D eigenvalue weighted by molar-refractivity contribution is 5.91. The molecular weight excluding hydrogens is 552 g/mol. The Morgan fingerprint density at radius 3 is 2.23 bits per heavy atom. The molecule has 2 aliphatic heterocycles. The topological polar surface area (TPSA) is 98.8 Å². The first-order chi connectivity index (χ1) is 20.9. The number of benzene rings is 3. The van der Waals surface area contributed by atoms with Gasteiger partial charge in [0.2, 0.25) is 0 Å². The maximum atomic E-state index is 13.8. The average Bonchev–Trinajstić information content (AvgIpc) is 3.04. The fourth-order valence-electron chi connectivity index (χ4n) is 4.97. The van der Waals surface area contributed by atoms with Crippen molar-refractivity contribution in [2.24, 2.45) is 0 Å². The minimum Gasteiger partial charge on any atom is -0.452 e. The van der Waals surface area contributed by atoms with Crippen LogP contribution < -0.4 is 0 Å². The predicted octanol–water partition coefficient (Wildman–Crippen LogP) is 5.41. The summed E-state index contributed by atoms with van der Waals surface area (Å²) in [6.45, 7) is 4.75. The van der Waals surface area contributed by atoms with Gasteiger partial charge < -0.3 is 33.2 Å². The third-order valence-corrected chi connectivity index (χ3v) is 7.19. The Kier molecular flexibility index (Phi) is 10.3. The van der Waals surface area contributed by atoms with Crippen molar-refractivity contribution < 1.29 is 42.7 Å². The summed E-state index contributed by atoms with van der Waals surface area (Å²) in [5.74, 6) is -1.23. The lowest BCUT2D eigenvalue weighted by Gasteiger charge is -2.47. The van der Waals surface area contributed by atoms with E-state index in [1.165, 1.54) is 7.11 Å². The Labute approximate surface area is 251 Å². The van der Waals surface area contributed by atoms with Gasteiger partial charge in [-0.1, -0.05) is 78.4 Å². The fourth-order valence-corrected chi connectivity index (χ4v) is 4.97. The van der Waals surface area contributed by atoms with Crippen LogP contribution in [0.5, 0.6) is 0 Å². The summed E-state index contributed by atoms with van der Waals surface area (Å²) < 4.78 is 42.0. The van der Waals surface area contributed by atoms with E-state index in [0.717, 1.165) is 11.1 Å². The summed E-state index contributed by atoms with van der Waals surface area (Å²) in [7, 11) is 1.43. The van der Waals surface area contributed by atoms with E-state index in [0.29, 0.717) is 23.3 Å². The van der Waals surface area contributed by atoms with Crippen molar-refractivity contribution in [1.82, 2.24) is 0 Å². The van der Waals surface area contributed by atoms with Crippen LogP contribution in [0.25, 0.3) is 0 Å². The molecule has 2 heterocycles. The minimum atomic E-state index is -1.14. The monoisotopic (exact) mass is 588 g/mol. The van der Waals surface area contributed by atoms with Crippen LogP contribution >= 0.6 is 0 Å². The molecule has 1 unspecified atom stereocenters. The zero-order valence-electron chi connectivity index (χ0n) is 24.4. The molecule has 6 atom stereocenters. The molecule has 2 aliphatic rings. The van der Waals surface area contributed by atoms with Gasteiger partial charge in [0.1, 0.15) is 12.2 Å². The van der Waals surface area contributed by atoms with E-state index in [-0.39, 0.29) is 13.2 Å². The van der Waals surface area contributed by atoms with Gasteiger partial charge in [-0.25, -0.2) is 9.59 Å². The van der Waals surface area contributed by atoms with Crippen molar-refractivity contribution in [3.63, 3.8) is 0 Å². The van der Waals surface area contributed by atoms with Gasteiger partial charge >= 0.3 is 11.9 Å². The molecule has 0 N–H and O–H groups in total. The highest BCUT2D eigenvalue weighted by Crippen LogP contribution is 2.37. The number of carbonyl (C=O) groups is 2. The molecule has 0 aliphatic carbocycles. The van der Waals surface area contributed by atoms with E-state index in [1.54, 1.807) is 42.5 Å². The minimum absolute atomic E-state index is 0.145. The van der Waals surface area contributed by atoms with Crippen molar-refractivity contribution in [1.29, 1.82) is 0 Å². The van der Waals surface area contributed by atoms with Crippen LogP contribution in [0.1, 0.15) is 52.0 Å². The van der Waals surface area contributed by atoms with Crippen LogP contribution in [0, 0.1) is 0 Å². The number of esters is 2. The number of hydrogen-bond donors (Lipinski definition) is 0. The van der Waals surface area contributed by atoms with Crippen LogP contribution in [0.15, 0.2) is 96.6 Å². The highest BCUT2D eigenvalue weighted by atomic mass is 16.8. The number of fused-ring (bicyclic) bond motifs is 1. The van der Waals surface area contributed by atoms with Gasteiger partial charge in [0.15, 0.2) is 24.8 Å². The normalized spacial score (nSPS) is 24.8. The van der Waals surface area contributed by atoms with Gasteiger partial charge in [0, 0.05) is 12.7 Å². The number of methoxy groups -OCH3 is 1. The lowest BCUT2D eigenvalue weighted by molar-refractivity contribution is -0.356. The SMILES string of the molecule is CO[C@H]1O[C@@H]2COC(c3ccccc3)O[C@H]2[C@H](OC(=O)c2ccccc2COCC=C(C)C)[C@H]1OC(=O)c1ccccc1. The first-order valence-electron chi connectivity index (χ1n) is 14.2. The Hall–Kier alpha value is -3.86. The molecule has 9 nitrogen and oxygen atoms in total. The maximum absolute atomic E-state index is 13.8. The number of carbonyl (C=O) groups excluding carboxylic acids is 2. The van der Waals surface area contributed by atoms with Crippen LogP contribution in [0.2, 0.25) is 0 Å². The summed E-state index contributed by atoms with van der Waals surface area (Å²) in [5, 5.41) is 0. The van der Waals surface area contributed by atoms with Crippen molar-refractivity contribution in [2.75, 3.05) is 20.3 Å². The lowest BCUT2D eigenvalue weighted by atomic mass is 9.96. The standard InChI is InChI=1S/C34H36O9/c1-22(2)18-19-38-20-25-16-10-11-17-26(25)32(36)41-29-28-27(21-39-33(43-28)24-14-8-5-9-15-24)40-34(37-3)30(29)42-31(35)23-12-6-4-7-13-23/h4-18,27-30,33-34H,19-21H2,1-3H3/t27-,28-,29+,30-,33?,34+/m1/s1. The number of ether oxygens (including phenoxy) is 7. The summed E-state index contributed by atoms with van der Waals surface area (Å²) >= 11 is 0. The second kappa shape index (κ2) is 14.5. The van der Waals surface area contributed by atoms with Gasteiger partial charge in [-0.15, -0.1) is 0 Å². The predicted molar refractivity (Wildman–Crippen MR) is 156 cm³/mol. The average molecular weight is 589 g/mol. The van der Waals surface area contributed by atoms with Gasteiger partial charge in [0.05, 0.1) is 30.9 Å². The smallest absolute Gasteiger partial charge is 0.339 e. The van der Waals surface area contributed by atoms with Crippen molar-refractivity contribution >= 4 is 11.9 Å². The van der Waals surface area contributed by atoms with Crippen molar-refractivity contribution in [3.05, 3.63) is 119 Å². The van der Waals surface area contributed by atoms with E-state index in [2.05, 4.69) is 0 Å². The Morgan fingerprint density at radius 2 is 1.51 bits per heavy atom. The largest absolute Gasteiger partial charge is 0.452 e. The quantitative estimate of drug-likeness (QED) is 0.175. The molecule has 2 fully saturated rings. The van der Waals surface area contributed by atoms with E-state index in [9.17, 15) is 9.59 Å². The Balaban J connectivity index is 1.44. The van der Waals surface area contributed by atoms with Crippen LogP contribution in [0.3, 0.4) is 0 Å². The number of allylic oxidation sites excluding steroid dienone is 1. The molecule has 5 rings (SSSR count). The van der Waals surface area contributed by atoms with Crippen LogP contribution in [-0.2, 0) is 39.8 Å². The first kappa shape index (κ1) is 30.6. The van der Waals surface area contributed by atoms with Gasteiger partial charge in [-0.05, 0) is 37.6 Å². The Bertz CT molecular complexity index is 1390.